The van der Waals surface area contributed by atoms with Crippen LogP contribution in [0.1, 0.15) is 41.9 Å². The van der Waals surface area contributed by atoms with Crippen molar-refractivity contribution < 1.29 is 9.59 Å². The number of nitrogens with one attached hydrogen (secondary N) is 1. The summed E-state index contributed by atoms with van der Waals surface area (Å²) >= 11 is 0. The van der Waals surface area contributed by atoms with Crippen molar-refractivity contribution in [3.05, 3.63) is 46.4 Å². The largest absolute Gasteiger partial charge is 0.343 e. The minimum Gasteiger partial charge on any atom is -0.343 e. The summed E-state index contributed by atoms with van der Waals surface area (Å²) in [5.41, 5.74) is 1.14. The molecule has 4 heterocycles. The number of carbonyl (C=O) groups is 2. The molecular weight excluding hydrogens is 384 g/mol. The Balaban J connectivity index is 1.27. The molecule has 0 spiro atoms. The molecule has 0 aromatic carbocycles. The van der Waals surface area contributed by atoms with Crippen molar-refractivity contribution in [2.24, 2.45) is 20.0 Å². The van der Waals surface area contributed by atoms with E-state index < -0.39 is 0 Å². The summed E-state index contributed by atoms with van der Waals surface area (Å²) in [6.45, 7) is 1.19. The third-order valence-corrected chi connectivity index (χ3v) is 5.80. The molecule has 158 valence electrons. The molecule has 9 heteroatoms. The topological polar surface area (TPSA) is 106 Å². The molecule has 0 aliphatic carbocycles. The average molecular weight is 410 g/mol. The molecule has 1 saturated heterocycles. The van der Waals surface area contributed by atoms with Gasteiger partial charge in [0.1, 0.15) is 11.5 Å². The summed E-state index contributed by atoms with van der Waals surface area (Å²) in [6, 6.07) is 1.75. The van der Waals surface area contributed by atoms with E-state index in [9.17, 15) is 14.4 Å². The van der Waals surface area contributed by atoms with Crippen LogP contribution in [0, 0.1) is 5.92 Å². The van der Waals surface area contributed by atoms with Crippen molar-refractivity contribution >= 4 is 22.7 Å². The highest BCUT2D eigenvalue weighted by Gasteiger charge is 2.28. The lowest BCUT2D eigenvalue weighted by molar-refractivity contribution is -0.132. The Morgan fingerprint density at radius 1 is 1.23 bits per heavy atom. The maximum atomic E-state index is 12.6. The van der Waals surface area contributed by atoms with E-state index in [0.717, 1.165) is 0 Å². The molecule has 30 heavy (non-hydrogen) atoms. The number of aryl methyl sites for hydroxylation is 3. The number of carbonyl (C=O) groups excluding carboxylic acids is 2. The van der Waals surface area contributed by atoms with E-state index in [2.05, 4.69) is 15.1 Å². The van der Waals surface area contributed by atoms with E-state index in [-0.39, 0.29) is 23.2 Å². The number of Topliss-reactive ketones (excluding diaryl/α,β-unsaturated/α-hetero) is 1. The number of hydrogen-bond acceptors (Lipinski definition) is 5. The van der Waals surface area contributed by atoms with Crippen LogP contribution >= 0.6 is 0 Å². The fraction of sp³-hybridized carbons (Fsp3) is 0.476. The van der Waals surface area contributed by atoms with Crippen LogP contribution in [0.25, 0.3) is 11.0 Å². The van der Waals surface area contributed by atoms with Gasteiger partial charge >= 0.3 is 0 Å². The smallest absolute Gasteiger partial charge is 0.260 e. The summed E-state index contributed by atoms with van der Waals surface area (Å²) < 4.78 is 3.44. The fourth-order valence-corrected chi connectivity index (χ4v) is 4.05. The highest BCUT2D eigenvalue weighted by atomic mass is 16.2. The molecule has 1 aliphatic heterocycles. The minimum atomic E-state index is -0.151. The quantitative estimate of drug-likeness (QED) is 0.619. The predicted molar refractivity (Wildman–Crippen MR) is 111 cm³/mol. The molecule has 1 N–H and O–H groups in total. The lowest BCUT2D eigenvalue weighted by atomic mass is 9.90. The van der Waals surface area contributed by atoms with Crippen LogP contribution in [0.3, 0.4) is 0 Å². The minimum absolute atomic E-state index is 0.0514. The van der Waals surface area contributed by atoms with E-state index in [1.54, 1.807) is 30.2 Å². The maximum Gasteiger partial charge on any atom is 0.260 e. The summed E-state index contributed by atoms with van der Waals surface area (Å²) in [4.78, 5) is 46.4. The van der Waals surface area contributed by atoms with Crippen LogP contribution in [-0.4, -0.2) is 54.0 Å². The van der Waals surface area contributed by atoms with Gasteiger partial charge in [-0.15, -0.1) is 0 Å². The number of ketones is 1. The molecular formula is C21H26N6O3. The second-order valence-corrected chi connectivity index (χ2v) is 7.95. The molecule has 3 aromatic heterocycles. The second-order valence-electron chi connectivity index (χ2n) is 7.95. The van der Waals surface area contributed by atoms with Gasteiger partial charge in [-0.1, -0.05) is 0 Å². The summed E-state index contributed by atoms with van der Waals surface area (Å²) in [7, 11) is 3.64. The lowest BCUT2D eigenvalue weighted by Gasteiger charge is -2.31. The summed E-state index contributed by atoms with van der Waals surface area (Å²) in [6.07, 6.45) is 8.07. The van der Waals surface area contributed by atoms with Gasteiger partial charge in [-0.3, -0.25) is 19.1 Å². The van der Waals surface area contributed by atoms with Crippen molar-refractivity contribution in [1.82, 2.24) is 29.2 Å². The number of piperidine rings is 1. The molecule has 3 aromatic rings. The Labute approximate surface area is 173 Å². The lowest BCUT2D eigenvalue weighted by Crippen LogP contribution is -2.40. The Hall–Kier alpha value is -3.23. The van der Waals surface area contributed by atoms with Crippen LogP contribution in [0.4, 0.5) is 0 Å². The van der Waals surface area contributed by atoms with E-state index in [0.29, 0.717) is 67.6 Å². The highest BCUT2D eigenvalue weighted by molar-refractivity contribution is 5.97. The fourth-order valence-electron chi connectivity index (χ4n) is 4.05. The third-order valence-electron chi connectivity index (χ3n) is 5.80. The first-order valence-electron chi connectivity index (χ1n) is 10.3. The number of rotatable bonds is 6. The normalized spacial score (nSPS) is 15.1. The first-order valence-corrected chi connectivity index (χ1v) is 10.3. The van der Waals surface area contributed by atoms with Gasteiger partial charge in [0.25, 0.3) is 5.56 Å². The van der Waals surface area contributed by atoms with Gasteiger partial charge < -0.3 is 14.5 Å². The van der Waals surface area contributed by atoms with Crippen molar-refractivity contribution in [2.45, 2.75) is 32.1 Å². The number of fused-ring (bicyclic) bond motifs is 1. The van der Waals surface area contributed by atoms with E-state index in [4.69, 9.17) is 0 Å². The Morgan fingerprint density at radius 2 is 2.00 bits per heavy atom. The number of H-pyrrole nitrogens is 1. The van der Waals surface area contributed by atoms with Gasteiger partial charge in [0.2, 0.25) is 5.91 Å². The Morgan fingerprint density at radius 3 is 2.70 bits per heavy atom. The molecule has 1 fully saturated rings. The number of hydrogen-bond donors (Lipinski definition) is 1. The maximum absolute atomic E-state index is 12.6. The molecule has 0 bridgehead atoms. The zero-order chi connectivity index (χ0) is 21.3. The third kappa shape index (κ3) is 4.05. The van der Waals surface area contributed by atoms with E-state index in [1.165, 1.54) is 0 Å². The summed E-state index contributed by atoms with van der Waals surface area (Å²) in [5, 5.41) is 4.63. The van der Waals surface area contributed by atoms with Crippen LogP contribution < -0.4 is 5.56 Å². The monoisotopic (exact) mass is 410 g/mol. The molecule has 1 aliphatic rings. The van der Waals surface area contributed by atoms with Crippen molar-refractivity contribution in [3.8, 4) is 0 Å². The van der Waals surface area contributed by atoms with Crippen molar-refractivity contribution in [2.75, 3.05) is 13.1 Å². The molecule has 4 rings (SSSR count). The van der Waals surface area contributed by atoms with E-state index >= 15 is 0 Å². The van der Waals surface area contributed by atoms with Gasteiger partial charge in [-0.05, 0) is 25.3 Å². The molecule has 1 amide bonds. The zero-order valence-corrected chi connectivity index (χ0v) is 17.3. The SMILES string of the molecule is Cn1cc(C(=O)C2CCN(C(=O)CCCc3nc4c(ccn4C)c(=O)[nH]3)CC2)cn1. The molecule has 0 saturated carbocycles. The van der Waals surface area contributed by atoms with E-state index in [1.807, 2.05) is 22.7 Å². The summed E-state index contributed by atoms with van der Waals surface area (Å²) in [5.74, 6) is 0.748. The van der Waals surface area contributed by atoms with Gasteiger partial charge in [-0.2, -0.15) is 5.10 Å². The van der Waals surface area contributed by atoms with Gasteiger partial charge in [0, 0.05) is 58.3 Å². The molecule has 0 unspecified atom stereocenters. The van der Waals surface area contributed by atoms with Crippen LogP contribution in [0.2, 0.25) is 0 Å². The van der Waals surface area contributed by atoms with Gasteiger partial charge in [0.15, 0.2) is 5.78 Å². The number of likely N-dealkylation sites (tertiary alicyclic amines) is 1. The number of nitrogens with zero attached hydrogens (tertiary/aromatic N) is 5. The predicted octanol–water partition coefficient (Wildman–Crippen LogP) is 1.44. The number of amides is 1. The van der Waals surface area contributed by atoms with Crippen LogP contribution in [0.15, 0.2) is 29.5 Å². The number of aromatic nitrogens is 5. The highest BCUT2D eigenvalue weighted by Crippen LogP contribution is 2.22. The average Bonchev–Trinajstić information content (AvgIpc) is 3.34. The Kier molecular flexibility index (Phi) is 5.52. The first kappa shape index (κ1) is 20.1. The van der Waals surface area contributed by atoms with Crippen molar-refractivity contribution in [3.63, 3.8) is 0 Å². The van der Waals surface area contributed by atoms with Gasteiger partial charge in [-0.25, -0.2) is 4.98 Å². The van der Waals surface area contributed by atoms with Gasteiger partial charge in [0.05, 0.1) is 17.1 Å². The standard InChI is InChI=1S/C21H26N6O3/c1-25-9-8-16-20(25)23-17(24-21(16)30)4-3-5-18(28)27-10-6-14(7-11-27)19(29)15-12-22-26(2)13-15/h8-9,12-14H,3-7,10-11H2,1-2H3,(H,23,24,30). The first-order chi connectivity index (χ1) is 14.4. The van der Waals surface area contributed by atoms with Crippen LogP contribution in [-0.2, 0) is 25.3 Å². The van der Waals surface area contributed by atoms with Crippen LogP contribution in [0.5, 0.6) is 0 Å². The number of aromatic amines is 1. The Bertz CT molecular complexity index is 1130. The zero-order valence-electron chi connectivity index (χ0n) is 17.3. The van der Waals surface area contributed by atoms with Crippen molar-refractivity contribution in [1.29, 1.82) is 0 Å². The molecule has 9 nitrogen and oxygen atoms in total. The second kappa shape index (κ2) is 8.25. The molecule has 0 radical (unpaired) electrons. The molecule has 0 atom stereocenters.